The molecule has 0 bridgehead atoms. The second-order valence-electron chi connectivity index (χ2n) is 4.80. The van der Waals surface area contributed by atoms with Gasteiger partial charge in [-0.2, -0.15) is 0 Å². The second-order valence-corrected chi connectivity index (χ2v) is 4.80. The van der Waals surface area contributed by atoms with Gasteiger partial charge < -0.3 is 16.0 Å². The van der Waals surface area contributed by atoms with E-state index >= 15 is 0 Å². The summed E-state index contributed by atoms with van der Waals surface area (Å²) in [4.78, 5) is 19.6. The molecule has 0 aliphatic heterocycles. The van der Waals surface area contributed by atoms with Gasteiger partial charge in [-0.3, -0.25) is 14.8 Å². The molecule has 1 amide bonds. The highest BCUT2D eigenvalue weighted by Crippen LogP contribution is 2.09. The minimum atomic E-state index is -0.521. The van der Waals surface area contributed by atoms with Crippen molar-refractivity contribution < 1.29 is 13.6 Å². The minimum Gasteiger partial charge on any atom is -0.352 e. The van der Waals surface area contributed by atoms with E-state index in [-0.39, 0.29) is 24.6 Å². The van der Waals surface area contributed by atoms with Crippen LogP contribution < -0.4 is 16.0 Å². The Kier molecular flexibility index (Phi) is 6.18. The van der Waals surface area contributed by atoms with Crippen molar-refractivity contribution >= 4 is 17.6 Å². The highest BCUT2D eigenvalue weighted by Gasteiger charge is 2.07. The average molecular weight is 333 g/mol. The lowest BCUT2D eigenvalue weighted by atomic mass is 10.2. The van der Waals surface area contributed by atoms with Gasteiger partial charge in [-0.15, -0.1) is 0 Å². The highest BCUT2D eigenvalue weighted by atomic mass is 19.1. The molecule has 24 heavy (non-hydrogen) atoms. The van der Waals surface area contributed by atoms with Gasteiger partial charge in [-0.05, 0) is 30.3 Å². The number of anilines is 1. The Labute approximate surface area is 138 Å². The SMILES string of the molecule is CN=C(NCC(=O)Nc1cccnc1)NCc1cc(F)ccc1F. The van der Waals surface area contributed by atoms with Gasteiger partial charge in [0.1, 0.15) is 11.6 Å². The van der Waals surface area contributed by atoms with Crippen LogP contribution in [0.5, 0.6) is 0 Å². The van der Waals surface area contributed by atoms with Crippen molar-refractivity contribution in [3.05, 3.63) is 59.9 Å². The normalized spacial score (nSPS) is 11.0. The predicted octanol–water partition coefficient (Wildman–Crippen LogP) is 1.66. The first kappa shape index (κ1) is 17.3. The number of amides is 1. The molecule has 1 aromatic heterocycles. The quantitative estimate of drug-likeness (QED) is 0.574. The Morgan fingerprint density at radius 1 is 1.25 bits per heavy atom. The van der Waals surface area contributed by atoms with Crippen molar-refractivity contribution in [2.75, 3.05) is 18.9 Å². The van der Waals surface area contributed by atoms with Crippen LogP contribution in [0.15, 0.2) is 47.7 Å². The van der Waals surface area contributed by atoms with E-state index in [0.717, 1.165) is 18.2 Å². The molecule has 1 heterocycles. The van der Waals surface area contributed by atoms with Crippen LogP contribution in [0, 0.1) is 11.6 Å². The number of carbonyl (C=O) groups is 1. The zero-order valence-electron chi connectivity index (χ0n) is 13.0. The fourth-order valence-corrected chi connectivity index (χ4v) is 1.88. The Balaban J connectivity index is 1.82. The molecule has 0 spiro atoms. The number of aromatic nitrogens is 1. The van der Waals surface area contributed by atoms with Crippen LogP contribution in [0.4, 0.5) is 14.5 Å². The molecule has 0 radical (unpaired) electrons. The van der Waals surface area contributed by atoms with Crippen molar-refractivity contribution in [3.63, 3.8) is 0 Å². The summed E-state index contributed by atoms with van der Waals surface area (Å²) < 4.78 is 26.7. The van der Waals surface area contributed by atoms with Crippen LogP contribution in [0.1, 0.15) is 5.56 Å². The van der Waals surface area contributed by atoms with Crippen molar-refractivity contribution in [2.45, 2.75) is 6.54 Å². The Morgan fingerprint density at radius 2 is 2.08 bits per heavy atom. The molecule has 3 N–H and O–H groups in total. The lowest BCUT2D eigenvalue weighted by Crippen LogP contribution is -2.41. The average Bonchev–Trinajstić information content (AvgIpc) is 2.58. The molecule has 1 aromatic carbocycles. The number of nitrogens with zero attached hydrogens (tertiary/aromatic N) is 2. The smallest absolute Gasteiger partial charge is 0.243 e. The van der Waals surface area contributed by atoms with E-state index in [2.05, 4.69) is 25.9 Å². The number of pyridine rings is 1. The maximum absolute atomic E-state index is 13.5. The van der Waals surface area contributed by atoms with Gasteiger partial charge in [0, 0.05) is 25.4 Å². The first-order valence-corrected chi connectivity index (χ1v) is 7.17. The maximum Gasteiger partial charge on any atom is 0.243 e. The molecule has 0 unspecified atom stereocenters. The van der Waals surface area contributed by atoms with Gasteiger partial charge in [0.25, 0.3) is 0 Å². The van der Waals surface area contributed by atoms with E-state index in [9.17, 15) is 13.6 Å². The summed E-state index contributed by atoms with van der Waals surface area (Å²) in [7, 11) is 1.51. The van der Waals surface area contributed by atoms with E-state index < -0.39 is 11.6 Å². The first-order valence-electron chi connectivity index (χ1n) is 7.17. The number of benzene rings is 1. The van der Waals surface area contributed by atoms with Crippen molar-refractivity contribution in [3.8, 4) is 0 Å². The van der Waals surface area contributed by atoms with E-state index in [0.29, 0.717) is 11.6 Å². The van der Waals surface area contributed by atoms with Gasteiger partial charge in [-0.1, -0.05) is 0 Å². The first-order chi connectivity index (χ1) is 11.6. The standard InChI is InChI=1S/C16H17F2N5O/c1-19-16(21-8-11-7-12(17)4-5-14(11)18)22-10-15(24)23-13-3-2-6-20-9-13/h2-7,9H,8,10H2,1H3,(H,23,24)(H2,19,21,22). The molecule has 0 saturated carbocycles. The number of hydrogen-bond acceptors (Lipinski definition) is 3. The third-order valence-corrected chi connectivity index (χ3v) is 3.04. The molecule has 126 valence electrons. The summed E-state index contributed by atoms with van der Waals surface area (Å²) in [5, 5.41) is 8.25. The molecule has 6 nitrogen and oxygen atoms in total. The minimum absolute atomic E-state index is 0.0352. The summed E-state index contributed by atoms with van der Waals surface area (Å²) in [5.74, 6) is -1.04. The Hall–Kier alpha value is -3.03. The van der Waals surface area contributed by atoms with Crippen LogP contribution in [0.25, 0.3) is 0 Å². The number of nitrogens with one attached hydrogen (secondary N) is 3. The lowest BCUT2D eigenvalue weighted by Gasteiger charge is -2.12. The van der Waals surface area contributed by atoms with Crippen LogP contribution in [-0.2, 0) is 11.3 Å². The molecule has 8 heteroatoms. The molecule has 2 aromatic rings. The van der Waals surface area contributed by atoms with Crippen LogP contribution in [-0.4, -0.2) is 30.4 Å². The largest absolute Gasteiger partial charge is 0.352 e. The third kappa shape index (κ3) is 5.31. The van der Waals surface area contributed by atoms with Crippen molar-refractivity contribution in [2.24, 2.45) is 4.99 Å². The van der Waals surface area contributed by atoms with E-state index in [1.54, 1.807) is 18.3 Å². The number of halogens is 2. The van der Waals surface area contributed by atoms with Crippen molar-refractivity contribution in [1.82, 2.24) is 15.6 Å². The van der Waals surface area contributed by atoms with Gasteiger partial charge in [0.15, 0.2) is 5.96 Å². The number of rotatable bonds is 5. The summed E-state index contributed by atoms with van der Waals surface area (Å²) in [6.07, 6.45) is 3.13. The monoisotopic (exact) mass is 333 g/mol. The molecular weight excluding hydrogens is 316 g/mol. The summed E-state index contributed by atoms with van der Waals surface area (Å²) in [6.45, 7) is -0.00626. The van der Waals surface area contributed by atoms with Crippen molar-refractivity contribution in [1.29, 1.82) is 0 Å². The fourth-order valence-electron chi connectivity index (χ4n) is 1.88. The molecule has 0 saturated heterocycles. The van der Waals surface area contributed by atoms with E-state index in [4.69, 9.17) is 0 Å². The van der Waals surface area contributed by atoms with Crippen LogP contribution in [0.2, 0.25) is 0 Å². The van der Waals surface area contributed by atoms with Crippen LogP contribution in [0.3, 0.4) is 0 Å². The zero-order valence-corrected chi connectivity index (χ0v) is 13.0. The second kappa shape index (κ2) is 8.56. The van der Waals surface area contributed by atoms with Gasteiger partial charge in [0.05, 0.1) is 18.4 Å². The maximum atomic E-state index is 13.5. The number of aliphatic imine (C=N–C) groups is 1. The molecule has 0 atom stereocenters. The highest BCUT2D eigenvalue weighted by molar-refractivity contribution is 5.94. The molecular formula is C16H17F2N5O. The Bertz CT molecular complexity index is 722. The topological polar surface area (TPSA) is 78.4 Å². The lowest BCUT2D eigenvalue weighted by molar-refractivity contribution is -0.115. The van der Waals surface area contributed by atoms with E-state index in [1.807, 2.05) is 0 Å². The number of guanidine groups is 1. The summed E-state index contributed by atoms with van der Waals surface area (Å²) in [5.41, 5.74) is 0.742. The van der Waals surface area contributed by atoms with Crippen LogP contribution >= 0.6 is 0 Å². The summed E-state index contributed by atoms with van der Waals surface area (Å²) >= 11 is 0. The fraction of sp³-hybridized carbons (Fsp3) is 0.188. The molecule has 0 aliphatic rings. The van der Waals surface area contributed by atoms with Gasteiger partial charge in [0.2, 0.25) is 5.91 Å². The molecule has 2 rings (SSSR count). The van der Waals surface area contributed by atoms with Gasteiger partial charge >= 0.3 is 0 Å². The predicted molar refractivity (Wildman–Crippen MR) is 87.4 cm³/mol. The molecule has 0 fully saturated rings. The Morgan fingerprint density at radius 3 is 2.79 bits per heavy atom. The number of hydrogen-bond donors (Lipinski definition) is 3. The third-order valence-electron chi connectivity index (χ3n) is 3.04. The summed E-state index contributed by atoms with van der Waals surface area (Å²) in [6, 6.07) is 6.63. The van der Waals surface area contributed by atoms with Gasteiger partial charge in [-0.25, -0.2) is 8.78 Å². The molecule has 0 aliphatic carbocycles. The van der Waals surface area contributed by atoms with E-state index in [1.165, 1.54) is 13.2 Å². The zero-order chi connectivity index (χ0) is 17.4. The number of carbonyl (C=O) groups excluding carboxylic acids is 1.